The number of carbonyl (C=O) groups is 2. The Morgan fingerprint density at radius 2 is 0.485 bits per heavy atom. The van der Waals surface area contributed by atoms with E-state index in [-0.39, 0.29) is 37.2 Å². The molecule has 0 saturated heterocycles. The molecule has 0 radical (unpaired) electrons. The molecule has 6 N–H and O–H groups in total. The van der Waals surface area contributed by atoms with Gasteiger partial charge in [0, 0.05) is 5.69 Å². The van der Waals surface area contributed by atoms with Crippen molar-refractivity contribution in [2.75, 3.05) is 31.7 Å². The van der Waals surface area contributed by atoms with Gasteiger partial charge >= 0.3 is 11.9 Å². The standard InChI is InChI=1S/C10H13NO2.C10H12O3.C10H14O2.5C9H12.3C8H9F.2C8H10O.C8H10/c1-7-3-4-9(8(2)5-7)11-6-10(12)13;1-7-3-4-9(8(2)5-7)13-6-10(11)12;1-8-3-4-10(9(2)7-8)12-6-5-11;5*1-7-4-5-8(2)9(3)6-7;1-6-3-7(2)5-8(9)4-6;4*1-6-3-4-8(9)7(2)5-6;1-7-4-3-5-8(2)6-7/h3-5,11H,6H2,1-2H3,(H,12,13);3-5H,6H2,1-2H3,(H,11,12);3-4,7,11H,5-6H2,1-2H3;5*4-6H,1-3H3;3*3-5H,1-2H3;2*3-5,9H,1-2H3;3-6H,1-2H3. The molecule has 13 heteroatoms. The lowest BCUT2D eigenvalue weighted by atomic mass is 10.1. The van der Waals surface area contributed by atoms with E-state index in [9.17, 15) is 22.8 Å². The van der Waals surface area contributed by atoms with E-state index >= 15 is 0 Å². The molecule has 0 saturated carbocycles. The molecule has 136 heavy (non-hydrogen) atoms. The Bertz CT molecular complexity index is 5140. The first-order chi connectivity index (χ1) is 63.7. The number of aliphatic hydroxyl groups excluding tert-OH is 1. The Kier molecular flexibility index (Phi) is 57.4. The molecule has 0 unspecified atom stereocenters. The van der Waals surface area contributed by atoms with Crippen molar-refractivity contribution in [1.29, 1.82) is 0 Å². The number of carboxylic acids is 2. The van der Waals surface area contributed by atoms with Crippen LogP contribution in [0.25, 0.3) is 0 Å². The maximum Gasteiger partial charge on any atom is 0.341 e. The molecule has 0 aliphatic carbocycles. The number of aliphatic hydroxyl groups is 1. The average molecular weight is 1850 g/mol. The molecule has 14 aromatic rings. The third-order valence-corrected chi connectivity index (χ3v) is 21.2. The largest absolute Gasteiger partial charge is 0.508 e. The lowest BCUT2D eigenvalue weighted by Crippen LogP contribution is -2.12. The highest BCUT2D eigenvalue weighted by Gasteiger charge is 2.06. The van der Waals surface area contributed by atoms with Crippen LogP contribution >= 0.6 is 0 Å². The summed E-state index contributed by atoms with van der Waals surface area (Å²) in [4.78, 5) is 20.5. The molecule has 0 heterocycles. The van der Waals surface area contributed by atoms with Gasteiger partial charge in [-0.2, -0.15) is 0 Å². The molecular formula is C123H156F3NO9. The van der Waals surface area contributed by atoms with Crippen molar-refractivity contribution in [1.82, 2.24) is 0 Å². The average Bonchev–Trinajstić information content (AvgIpc) is 0.873. The Labute approximate surface area is 815 Å². The number of aryl methyl sites for hydroxylation is 33. The molecule has 728 valence electrons. The van der Waals surface area contributed by atoms with Crippen molar-refractivity contribution < 1.29 is 57.8 Å². The molecule has 10 nitrogen and oxygen atoms in total. The normalized spacial score (nSPS) is 9.65. The minimum atomic E-state index is -0.958. The molecule has 0 atom stereocenters. The lowest BCUT2D eigenvalue weighted by Gasteiger charge is -2.07. The molecule has 0 aliphatic rings. The second kappa shape index (κ2) is 64.6. The summed E-state index contributed by atoms with van der Waals surface area (Å²) < 4.78 is 47.8. The molecule has 0 aromatic heterocycles. The second-order valence-corrected chi connectivity index (χ2v) is 35.3. The fraction of sp³-hybridized carbons (Fsp3) is 0.301. The summed E-state index contributed by atoms with van der Waals surface area (Å²) in [6.07, 6.45) is 0. The molecule has 0 fully saturated rings. The van der Waals surface area contributed by atoms with E-state index in [0.717, 1.165) is 78.2 Å². The highest BCUT2D eigenvalue weighted by molar-refractivity contribution is 5.73. The number of anilines is 1. The fourth-order valence-corrected chi connectivity index (χ4v) is 12.8. The zero-order valence-corrected chi connectivity index (χ0v) is 87.7. The summed E-state index contributed by atoms with van der Waals surface area (Å²) in [5.74, 6) is 0.0394. The topological polar surface area (TPSA) is 166 Å². The predicted molar refractivity (Wildman–Crippen MR) is 572 cm³/mol. The molecule has 0 spiro atoms. The van der Waals surface area contributed by atoms with Crippen LogP contribution in [0.1, 0.15) is 184 Å². The number of phenolic OH excluding ortho intramolecular Hbond substituents is 2. The molecule has 0 bridgehead atoms. The van der Waals surface area contributed by atoms with Gasteiger partial charge < -0.3 is 40.3 Å². The summed E-state index contributed by atoms with van der Waals surface area (Å²) in [5.41, 5.74) is 40.6. The van der Waals surface area contributed by atoms with E-state index in [1.807, 2.05) is 182 Å². The van der Waals surface area contributed by atoms with Gasteiger partial charge in [0.2, 0.25) is 0 Å². The Hall–Kier alpha value is -13.2. The summed E-state index contributed by atoms with van der Waals surface area (Å²) in [5, 5.41) is 46.3. The monoisotopic (exact) mass is 1850 g/mol. The number of rotatable bonds is 9. The number of hydrogen-bond acceptors (Lipinski definition) is 8. The Morgan fingerprint density at radius 3 is 0.706 bits per heavy atom. The van der Waals surface area contributed by atoms with Gasteiger partial charge in [-0.1, -0.05) is 284 Å². The molecule has 14 aromatic carbocycles. The van der Waals surface area contributed by atoms with Crippen LogP contribution in [0.3, 0.4) is 0 Å². The van der Waals surface area contributed by atoms with Gasteiger partial charge in [0.1, 0.15) is 53.6 Å². The van der Waals surface area contributed by atoms with Crippen LogP contribution in [0.4, 0.5) is 18.9 Å². The number of hydrogen-bond donors (Lipinski definition) is 6. The zero-order chi connectivity index (χ0) is 103. The van der Waals surface area contributed by atoms with Crippen LogP contribution in [0, 0.1) is 246 Å². The lowest BCUT2D eigenvalue weighted by molar-refractivity contribution is -0.139. The van der Waals surface area contributed by atoms with Crippen molar-refractivity contribution >= 4 is 17.6 Å². The second-order valence-electron chi connectivity index (χ2n) is 35.3. The summed E-state index contributed by atoms with van der Waals surface area (Å²) in [6, 6.07) is 84.7. The minimum Gasteiger partial charge on any atom is -0.508 e. The van der Waals surface area contributed by atoms with Crippen molar-refractivity contribution in [3.63, 3.8) is 0 Å². The first kappa shape index (κ1) is 121. The number of aromatic hydroxyl groups is 2. The zero-order valence-electron chi connectivity index (χ0n) is 87.7. The van der Waals surface area contributed by atoms with E-state index in [4.69, 9.17) is 35.0 Å². The number of aliphatic carboxylic acids is 2. The highest BCUT2D eigenvalue weighted by atomic mass is 19.1. The quantitative estimate of drug-likeness (QED) is 0.0819. The Balaban J connectivity index is 0.000000734. The number of phenols is 2. The number of ether oxygens (including phenoxy) is 2. The van der Waals surface area contributed by atoms with E-state index < -0.39 is 11.9 Å². The summed E-state index contributed by atoms with van der Waals surface area (Å²) >= 11 is 0. The molecule has 0 aliphatic heterocycles. The SMILES string of the molecule is Cc1cc(C)cc(F)c1.Cc1ccc(C)c(C)c1.Cc1ccc(C)c(C)c1.Cc1ccc(C)c(C)c1.Cc1ccc(C)c(C)c1.Cc1ccc(C)c(C)c1.Cc1ccc(F)c(C)c1.Cc1ccc(F)c(C)c1.Cc1ccc(NCC(=O)O)c(C)c1.Cc1ccc(O)c(C)c1.Cc1ccc(O)c(C)c1.Cc1ccc(OCC(=O)O)c(C)c1.Cc1ccc(OCCO)c(C)c1.Cc1cccc(C)c1. The van der Waals surface area contributed by atoms with Crippen molar-refractivity contribution in [2.24, 2.45) is 0 Å². The molecular weight excluding hydrogens is 1690 g/mol. The maximum absolute atomic E-state index is 12.5. The van der Waals surface area contributed by atoms with Crippen LogP contribution in [-0.4, -0.2) is 63.8 Å². The number of carboxylic acid groups (broad SMARTS) is 2. The van der Waals surface area contributed by atoms with Crippen LogP contribution in [0.15, 0.2) is 261 Å². The predicted octanol–water partition coefficient (Wildman–Crippen LogP) is 31.9. The van der Waals surface area contributed by atoms with Gasteiger partial charge in [-0.05, 0) is 389 Å². The molecule has 0 amide bonds. The smallest absolute Gasteiger partial charge is 0.341 e. The van der Waals surface area contributed by atoms with Crippen molar-refractivity contribution in [2.45, 2.75) is 228 Å². The van der Waals surface area contributed by atoms with Crippen molar-refractivity contribution in [3.8, 4) is 23.0 Å². The van der Waals surface area contributed by atoms with E-state index in [2.05, 4.69) is 244 Å². The van der Waals surface area contributed by atoms with E-state index in [0.29, 0.717) is 23.9 Å². The van der Waals surface area contributed by atoms with Crippen LogP contribution in [-0.2, 0) is 9.59 Å². The summed E-state index contributed by atoms with van der Waals surface area (Å²) in [6.45, 7) is 67.2. The minimum absolute atomic E-state index is 0.0378. The first-order valence-corrected chi connectivity index (χ1v) is 45.9. The van der Waals surface area contributed by atoms with Crippen LogP contribution < -0.4 is 14.8 Å². The number of halogens is 3. The van der Waals surface area contributed by atoms with Crippen LogP contribution in [0.2, 0.25) is 0 Å². The van der Waals surface area contributed by atoms with Gasteiger partial charge in [-0.15, -0.1) is 0 Å². The maximum atomic E-state index is 12.5. The van der Waals surface area contributed by atoms with E-state index in [1.165, 1.54) is 141 Å². The Morgan fingerprint density at radius 1 is 0.243 bits per heavy atom. The third-order valence-electron chi connectivity index (χ3n) is 21.2. The number of nitrogens with one attached hydrogen (secondary N) is 1. The van der Waals surface area contributed by atoms with E-state index in [1.54, 1.807) is 44.2 Å². The van der Waals surface area contributed by atoms with Gasteiger partial charge in [-0.3, -0.25) is 4.79 Å². The van der Waals surface area contributed by atoms with Crippen molar-refractivity contribution in [3.05, 3.63) is 462 Å². The number of benzene rings is 14. The fourth-order valence-electron chi connectivity index (χ4n) is 12.8. The van der Waals surface area contributed by atoms with Crippen LogP contribution in [0.5, 0.6) is 23.0 Å². The van der Waals surface area contributed by atoms with Gasteiger partial charge in [0.05, 0.1) is 6.61 Å². The highest BCUT2D eigenvalue weighted by Crippen LogP contribution is 2.23. The van der Waals surface area contributed by atoms with Gasteiger partial charge in [0.15, 0.2) is 6.61 Å². The first-order valence-electron chi connectivity index (χ1n) is 45.9. The van der Waals surface area contributed by atoms with Gasteiger partial charge in [-0.25, -0.2) is 18.0 Å². The van der Waals surface area contributed by atoms with Gasteiger partial charge in [0.25, 0.3) is 0 Å². The molecule has 14 rings (SSSR count). The third kappa shape index (κ3) is 54.2. The summed E-state index contributed by atoms with van der Waals surface area (Å²) in [7, 11) is 0.